The van der Waals surface area contributed by atoms with Gasteiger partial charge in [-0.25, -0.2) is 4.98 Å². The minimum atomic E-state index is -0.412. The first-order chi connectivity index (χ1) is 7.75. The normalized spacial score (nSPS) is 24.6. The highest BCUT2D eigenvalue weighted by Gasteiger charge is 2.27. The number of β-amino-alcohol motifs (C(OH)–C–C–N with tert-alkyl or cyclic N) is 1. The van der Waals surface area contributed by atoms with Crippen molar-refractivity contribution in [3.63, 3.8) is 0 Å². The van der Waals surface area contributed by atoms with E-state index in [9.17, 15) is 9.90 Å². The summed E-state index contributed by atoms with van der Waals surface area (Å²) in [5, 5.41) is 21.4. The number of aliphatic hydroxyl groups excluding tert-OH is 1. The van der Waals surface area contributed by atoms with Crippen LogP contribution in [-0.4, -0.2) is 51.4 Å². The maximum absolute atomic E-state index is 11.6. The molecule has 1 aliphatic rings. The van der Waals surface area contributed by atoms with Gasteiger partial charge in [-0.3, -0.25) is 9.89 Å². The van der Waals surface area contributed by atoms with Crippen LogP contribution >= 0.6 is 0 Å². The first-order valence-corrected chi connectivity index (χ1v) is 5.29. The molecular formula is C9H15N5O2. The standard InChI is InChI=1S/C9H15N5O2/c15-6-3-7(11-4-6)9(16)10-2-1-8-12-5-13-14-8/h5-7,11,15H,1-4H2,(H,10,16)(H,12,13,14). The summed E-state index contributed by atoms with van der Waals surface area (Å²) >= 11 is 0. The molecule has 1 aliphatic heterocycles. The molecule has 7 heteroatoms. The summed E-state index contributed by atoms with van der Waals surface area (Å²) < 4.78 is 0. The Kier molecular flexibility index (Phi) is 3.47. The van der Waals surface area contributed by atoms with Crippen molar-refractivity contribution < 1.29 is 9.90 Å². The Morgan fingerprint density at radius 1 is 1.69 bits per heavy atom. The average molecular weight is 225 g/mol. The minimum Gasteiger partial charge on any atom is -0.392 e. The maximum Gasteiger partial charge on any atom is 0.237 e. The number of rotatable bonds is 4. The Balaban J connectivity index is 1.68. The third-order valence-corrected chi connectivity index (χ3v) is 2.55. The van der Waals surface area contributed by atoms with Gasteiger partial charge in [0, 0.05) is 19.5 Å². The molecule has 0 aliphatic carbocycles. The van der Waals surface area contributed by atoms with Crippen LogP contribution in [0.3, 0.4) is 0 Å². The van der Waals surface area contributed by atoms with Gasteiger partial charge in [0.1, 0.15) is 12.2 Å². The van der Waals surface area contributed by atoms with E-state index in [0.29, 0.717) is 25.9 Å². The van der Waals surface area contributed by atoms with Crippen molar-refractivity contribution in [2.24, 2.45) is 0 Å². The number of amides is 1. The molecule has 1 aromatic heterocycles. The SMILES string of the molecule is O=C(NCCc1ncn[nH]1)C1CC(O)CN1. The molecule has 2 unspecified atom stereocenters. The molecule has 0 bridgehead atoms. The summed E-state index contributed by atoms with van der Waals surface area (Å²) in [6, 6.07) is -0.273. The van der Waals surface area contributed by atoms with Gasteiger partial charge in [-0.2, -0.15) is 5.10 Å². The fraction of sp³-hybridized carbons (Fsp3) is 0.667. The minimum absolute atomic E-state index is 0.0731. The summed E-state index contributed by atoms with van der Waals surface area (Å²) in [4.78, 5) is 15.5. The molecule has 7 nitrogen and oxygen atoms in total. The number of H-pyrrole nitrogens is 1. The molecule has 16 heavy (non-hydrogen) atoms. The third kappa shape index (κ3) is 2.77. The topological polar surface area (TPSA) is 103 Å². The monoisotopic (exact) mass is 225 g/mol. The third-order valence-electron chi connectivity index (χ3n) is 2.55. The lowest BCUT2D eigenvalue weighted by Crippen LogP contribution is -2.41. The Bertz CT molecular complexity index is 340. The van der Waals surface area contributed by atoms with Crippen LogP contribution in [0.25, 0.3) is 0 Å². The number of carbonyl (C=O) groups is 1. The molecule has 0 aromatic carbocycles. The van der Waals surface area contributed by atoms with E-state index in [-0.39, 0.29) is 11.9 Å². The van der Waals surface area contributed by atoms with Crippen LogP contribution < -0.4 is 10.6 Å². The number of nitrogens with zero attached hydrogens (tertiary/aromatic N) is 2. The Morgan fingerprint density at radius 2 is 2.56 bits per heavy atom. The number of aromatic nitrogens is 3. The van der Waals surface area contributed by atoms with Crippen molar-refractivity contribution in [3.8, 4) is 0 Å². The van der Waals surface area contributed by atoms with Gasteiger partial charge in [0.2, 0.25) is 5.91 Å². The number of aromatic amines is 1. The van der Waals surface area contributed by atoms with Gasteiger partial charge in [-0.15, -0.1) is 0 Å². The van der Waals surface area contributed by atoms with Gasteiger partial charge in [0.05, 0.1) is 12.1 Å². The van der Waals surface area contributed by atoms with Crippen LogP contribution in [-0.2, 0) is 11.2 Å². The molecule has 1 aromatic rings. The number of hydrogen-bond acceptors (Lipinski definition) is 5. The van der Waals surface area contributed by atoms with Crippen LogP contribution in [0.2, 0.25) is 0 Å². The smallest absolute Gasteiger partial charge is 0.237 e. The fourth-order valence-electron chi connectivity index (χ4n) is 1.70. The summed E-state index contributed by atoms with van der Waals surface area (Å²) in [6.45, 7) is 1.00. The second kappa shape index (κ2) is 5.04. The molecule has 4 N–H and O–H groups in total. The largest absolute Gasteiger partial charge is 0.392 e. The van der Waals surface area contributed by atoms with Crippen LogP contribution in [0.5, 0.6) is 0 Å². The number of carbonyl (C=O) groups excluding carboxylic acids is 1. The van der Waals surface area contributed by atoms with E-state index in [2.05, 4.69) is 25.8 Å². The maximum atomic E-state index is 11.6. The lowest BCUT2D eigenvalue weighted by Gasteiger charge is -2.09. The summed E-state index contributed by atoms with van der Waals surface area (Å²) in [5.74, 6) is 0.677. The quantitative estimate of drug-likeness (QED) is 0.483. The predicted octanol–water partition coefficient (Wildman–Crippen LogP) is -1.81. The number of aliphatic hydroxyl groups is 1. The summed E-state index contributed by atoms with van der Waals surface area (Å²) in [5.41, 5.74) is 0. The zero-order valence-corrected chi connectivity index (χ0v) is 8.81. The summed E-state index contributed by atoms with van der Waals surface area (Å²) in [6.07, 6.45) is 2.13. The molecule has 2 heterocycles. The lowest BCUT2D eigenvalue weighted by molar-refractivity contribution is -0.122. The molecule has 0 spiro atoms. The van der Waals surface area contributed by atoms with Crippen molar-refractivity contribution in [2.75, 3.05) is 13.1 Å². The highest BCUT2D eigenvalue weighted by atomic mass is 16.3. The average Bonchev–Trinajstić information content (AvgIpc) is 2.89. The van der Waals surface area contributed by atoms with Crippen molar-refractivity contribution in [2.45, 2.75) is 25.0 Å². The van der Waals surface area contributed by atoms with Crippen molar-refractivity contribution in [1.29, 1.82) is 0 Å². The van der Waals surface area contributed by atoms with E-state index < -0.39 is 6.10 Å². The van der Waals surface area contributed by atoms with Crippen molar-refractivity contribution in [1.82, 2.24) is 25.8 Å². The Labute approximate surface area is 92.7 Å². The molecule has 1 saturated heterocycles. The van der Waals surface area contributed by atoms with Gasteiger partial charge in [-0.1, -0.05) is 0 Å². The van der Waals surface area contributed by atoms with Gasteiger partial charge >= 0.3 is 0 Å². The zero-order valence-electron chi connectivity index (χ0n) is 8.81. The fourth-order valence-corrected chi connectivity index (χ4v) is 1.70. The van der Waals surface area contributed by atoms with Gasteiger partial charge in [0.15, 0.2) is 0 Å². The van der Waals surface area contributed by atoms with E-state index in [4.69, 9.17) is 0 Å². The van der Waals surface area contributed by atoms with E-state index in [1.807, 2.05) is 0 Å². The lowest BCUT2D eigenvalue weighted by atomic mass is 10.2. The van der Waals surface area contributed by atoms with Crippen LogP contribution in [0.1, 0.15) is 12.2 Å². The van der Waals surface area contributed by atoms with Gasteiger partial charge in [-0.05, 0) is 6.42 Å². The molecule has 0 saturated carbocycles. The second-order valence-corrected chi connectivity index (χ2v) is 3.82. The molecular weight excluding hydrogens is 210 g/mol. The van der Waals surface area contributed by atoms with E-state index in [1.165, 1.54) is 6.33 Å². The molecule has 2 atom stereocenters. The first-order valence-electron chi connectivity index (χ1n) is 5.29. The van der Waals surface area contributed by atoms with Crippen LogP contribution in [0.4, 0.5) is 0 Å². The van der Waals surface area contributed by atoms with Crippen LogP contribution in [0.15, 0.2) is 6.33 Å². The zero-order chi connectivity index (χ0) is 11.4. The van der Waals surface area contributed by atoms with Crippen molar-refractivity contribution >= 4 is 5.91 Å². The van der Waals surface area contributed by atoms with E-state index >= 15 is 0 Å². The second-order valence-electron chi connectivity index (χ2n) is 3.82. The van der Waals surface area contributed by atoms with E-state index in [1.54, 1.807) is 0 Å². The predicted molar refractivity (Wildman–Crippen MR) is 55.5 cm³/mol. The molecule has 88 valence electrons. The van der Waals surface area contributed by atoms with E-state index in [0.717, 1.165) is 5.82 Å². The molecule has 2 rings (SSSR count). The molecule has 1 fully saturated rings. The number of hydrogen-bond donors (Lipinski definition) is 4. The Morgan fingerprint density at radius 3 is 3.19 bits per heavy atom. The molecule has 0 radical (unpaired) electrons. The van der Waals surface area contributed by atoms with Crippen molar-refractivity contribution in [3.05, 3.63) is 12.2 Å². The summed E-state index contributed by atoms with van der Waals surface area (Å²) in [7, 11) is 0. The first kappa shape index (κ1) is 11.0. The molecule has 1 amide bonds. The Hall–Kier alpha value is -1.47. The van der Waals surface area contributed by atoms with Gasteiger partial charge < -0.3 is 15.7 Å². The van der Waals surface area contributed by atoms with Crippen LogP contribution in [0, 0.1) is 0 Å². The highest BCUT2D eigenvalue weighted by Crippen LogP contribution is 2.05. The highest BCUT2D eigenvalue weighted by molar-refractivity contribution is 5.82. The van der Waals surface area contributed by atoms with Gasteiger partial charge in [0.25, 0.3) is 0 Å². The number of nitrogens with one attached hydrogen (secondary N) is 3.